The maximum atomic E-state index is 5.52. The Balaban J connectivity index is 2.05. The van der Waals surface area contributed by atoms with Crippen molar-refractivity contribution in [2.45, 2.75) is 13.5 Å². The summed E-state index contributed by atoms with van der Waals surface area (Å²) in [6.07, 6.45) is 3.48. The number of H-pyrrole nitrogens is 1. The van der Waals surface area contributed by atoms with Crippen molar-refractivity contribution in [1.82, 2.24) is 19.9 Å². The van der Waals surface area contributed by atoms with E-state index in [1.54, 1.807) is 12.4 Å². The van der Waals surface area contributed by atoms with Gasteiger partial charge < -0.3 is 16.0 Å². The maximum Gasteiger partial charge on any atom is 0.222 e. The first-order valence-corrected chi connectivity index (χ1v) is 4.57. The van der Waals surface area contributed by atoms with Crippen LogP contribution in [-0.4, -0.2) is 19.9 Å². The van der Waals surface area contributed by atoms with Crippen LogP contribution in [0, 0.1) is 6.92 Å². The number of aromatic nitrogens is 4. The van der Waals surface area contributed by atoms with E-state index in [1.807, 2.05) is 13.0 Å². The van der Waals surface area contributed by atoms with Crippen LogP contribution < -0.4 is 11.1 Å². The number of anilines is 2. The zero-order valence-electron chi connectivity index (χ0n) is 8.36. The van der Waals surface area contributed by atoms with Gasteiger partial charge in [0.1, 0.15) is 11.6 Å². The number of hydrogen-bond donors (Lipinski definition) is 3. The molecule has 0 amide bonds. The molecule has 0 atom stereocenters. The van der Waals surface area contributed by atoms with Crippen LogP contribution in [0.1, 0.15) is 11.5 Å². The first-order valence-electron chi connectivity index (χ1n) is 4.57. The van der Waals surface area contributed by atoms with E-state index in [1.165, 1.54) is 0 Å². The SMILES string of the molecule is Cc1cc(NCc2ncc[nH]2)nc(N)n1. The maximum absolute atomic E-state index is 5.52. The normalized spacial score (nSPS) is 10.2. The lowest BCUT2D eigenvalue weighted by Gasteiger charge is -2.04. The highest BCUT2D eigenvalue weighted by Gasteiger charge is 1.99. The van der Waals surface area contributed by atoms with Gasteiger partial charge in [0.25, 0.3) is 0 Å². The highest BCUT2D eigenvalue weighted by Crippen LogP contribution is 2.07. The van der Waals surface area contributed by atoms with E-state index < -0.39 is 0 Å². The van der Waals surface area contributed by atoms with Gasteiger partial charge in [0.2, 0.25) is 5.95 Å². The predicted octanol–water partition coefficient (Wildman–Crippen LogP) is 0.702. The standard InChI is InChI=1S/C9H12N6/c1-6-4-7(15-9(10)14-6)13-5-8-11-2-3-12-8/h2-4H,5H2,1H3,(H,11,12)(H3,10,13,14,15). The molecule has 0 aliphatic rings. The third-order valence-electron chi connectivity index (χ3n) is 1.86. The second-order valence-electron chi connectivity index (χ2n) is 3.14. The molecule has 15 heavy (non-hydrogen) atoms. The Kier molecular flexibility index (Phi) is 2.49. The largest absolute Gasteiger partial charge is 0.368 e. The summed E-state index contributed by atoms with van der Waals surface area (Å²) in [6.45, 7) is 2.46. The minimum atomic E-state index is 0.275. The van der Waals surface area contributed by atoms with Crippen LogP contribution in [0.15, 0.2) is 18.5 Å². The number of aryl methyl sites for hydroxylation is 1. The number of aromatic amines is 1. The van der Waals surface area contributed by atoms with Gasteiger partial charge in [-0.2, -0.15) is 4.98 Å². The first-order chi connectivity index (χ1) is 7.24. The molecule has 0 radical (unpaired) electrons. The van der Waals surface area contributed by atoms with Crippen LogP contribution in [0.5, 0.6) is 0 Å². The average molecular weight is 204 g/mol. The number of nitrogens with one attached hydrogen (secondary N) is 2. The lowest BCUT2D eigenvalue weighted by atomic mass is 10.4. The topological polar surface area (TPSA) is 92.5 Å². The fourth-order valence-corrected chi connectivity index (χ4v) is 1.25. The van der Waals surface area contributed by atoms with Crippen molar-refractivity contribution in [3.05, 3.63) is 30.0 Å². The third kappa shape index (κ3) is 2.43. The summed E-state index contributed by atoms with van der Waals surface area (Å²) in [7, 11) is 0. The second-order valence-corrected chi connectivity index (χ2v) is 3.14. The molecule has 0 aliphatic carbocycles. The second kappa shape index (κ2) is 3.95. The summed E-state index contributed by atoms with van der Waals surface area (Å²) >= 11 is 0. The first kappa shape index (κ1) is 9.45. The van der Waals surface area contributed by atoms with E-state index in [0.29, 0.717) is 12.4 Å². The molecular formula is C9H12N6. The summed E-state index contributed by atoms with van der Waals surface area (Å²) in [6, 6.07) is 1.83. The van der Waals surface area contributed by atoms with E-state index in [2.05, 4.69) is 25.3 Å². The molecule has 2 aromatic heterocycles. The minimum Gasteiger partial charge on any atom is -0.368 e. The molecule has 0 fully saturated rings. The Morgan fingerprint density at radius 1 is 1.47 bits per heavy atom. The molecule has 2 rings (SSSR count). The fraction of sp³-hybridized carbons (Fsp3) is 0.222. The Hall–Kier alpha value is -2.11. The number of nitrogen functional groups attached to an aromatic ring is 1. The van der Waals surface area contributed by atoms with Crippen molar-refractivity contribution in [3.8, 4) is 0 Å². The van der Waals surface area contributed by atoms with Gasteiger partial charge in [0, 0.05) is 24.2 Å². The Labute approximate surface area is 87.0 Å². The zero-order chi connectivity index (χ0) is 10.7. The molecule has 78 valence electrons. The van der Waals surface area contributed by atoms with Gasteiger partial charge in [-0.05, 0) is 6.92 Å². The lowest BCUT2D eigenvalue weighted by molar-refractivity contribution is 0.980. The van der Waals surface area contributed by atoms with Crippen LogP contribution in [0.2, 0.25) is 0 Å². The molecule has 6 nitrogen and oxygen atoms in total. The van der Waals surface area contributed by atoms with E-state index in [9.17, 15) is 0 Å². The smallest absolute Gasteiger partial charge is 0.222 e. The summed E-state index contributed by atoms with van der Waals surface area (Å²) in [5, 5.41) is 3.10. The summed E-state index contributed by atoms with van der Waals surface area (Å²) in [5.74, 6) is 1.83. The van der Waals surface area contributed by atoms with Gasteiger partial charge in [0.05, 0.1) is 6.54 Å². The zero-order valence-corrected chi connectivity index (χ0v) is 8.36. The molecular weight excluding hydrogens is 192 g/mol. The molecule has 4 N–H and O–H groups in total. The van der Waals surface area contributed by atoms with E-state index >= 15 is 0 Å². The van der Waals surface area contributed by atoms with Gasteiger partial charge in [0.15, 0.2) is 0 Å². The molecule has 0 unspecified atom stereocenters. The van der Waals surface area contributed by atoms with Gasteiger partial charge in [-0.3, -0.25) is 0 Å². The highest BCUT2D eigenvalue weighted by atomic mass is 15.1. The van der Waals surface area contributed by atoms with E-state index in [-0.39, 0.29) is 5.95 Å². The van der Waals surface area contributed by atoms with Crippen molar-refractivity contribution < 1.29 is 0 Å². The molecule has 0 saturated heterocycles. The van der Waals surface area contributed by atoms with Gasteiger partial charge in [-0.15, -0.1) is 0 Å². The number of hydrogen-bond acceptors (Lipinski definition) is 5. The highest BCUT2D eigenvalue weighted by molar-refractivity contribution is 5.40. The molecule has 2 heterocycles. The van der Waals surface area contributed by atoms with Gasteiger partial charge in [-0.1, -0.05) is 0 Å². The van der Waals surface area contributed by atoms with E-state index in [0.717, 1.165) is 11.5 Å². The number of nitrogens with two attached hydrogens (primary N) is 1. The summed E-state index contributed by atoms with van der Waals surface area (Å²) in [5.41, 5.74) is 6.36. The number of imidazole rings is 1. The predicted molar refractivity (Wildman–Crippen MR) is 57.1 cm³/mol. The van der Waals surface area contributed by atoms with Crippen molar-refractivity contribution in [2.75, 3.05) is 11.1 Å². The average Bonchev–Trinajstić information content (AvgIpc) is 2.65. The van der Waals surface area contributed by atoms with Crippen molar-refractivity contribution in [3.63, 3.8) is 0 Å². The molecule has 6 heteroatoms. The van der Waals surface area contributed by atoms with Gasteiger partial charge in [-0.25, -0.2) is 9.97 Å². The Bertz CT molecular complexity index is 416. The Morgan fingerprint density at radius 3 is 3.00 bits per heavy atom. The Morgan fingerprint density at radius 2 is 2.33 bits per heavy atom. The van der Waals surface area contributed by atoms with E-state index in [4.69, 9.17) is 5.73 Å². The summed E-state index contributed by atoms with van der Waals surface area (Å²) < 4.78 is 0. The van der Waals surface area contributed by atoms with Crippen LogP contribution in [0.3, 0.4) is 0 Å². The molecule has 0 saturated carbocycles. The monoisotopic (exact) mass is 204 g/mol. The van der Waals surface area contributed by atoms with Crippen LogP contribution in [0.4, 0.5) is 11.8 Å². The van der Waals surface area contributed by atoms with Crippen LogP contribution in [0.25, 0.3) is 0 Å². The lowest BCUT2D eigenvalue weighted by Crippen LogP contribution is -2.06. The van der Waals surface area contributed by atoms with Gasteiger partial charge >= 0.3 is 0 Å². The molecule has 0 aromatic carbocycles. The minimum absolute atomic E-state index is 0.275. The number of nitrogens with zero attached hydrogens (tertiary/aromatic N) is 3. The van der Waals surface area contributed by atoms with Crippen LogP contribution in [-0.2, 0) is 6.54 Å². The van der Waals surface area contributed by atoms with Crippen molar-refractivity contribution >= 4 is 11.8 Å². The molecule has 0 spiro atoms. The molecule has 2 aromatic rings. The van der Waals surface area contributed by atoms with Crippen molar-refractivity contribution in [1.29, 1.82) is 0 Å². The summed E-state index contributed by atoms with van der Waals surface area (Å²) in [4.78, 5) is 15.1. The number of rotatable bonds is 3. The fourth-order valence-electron chi connectivity index (χ4n) is 1.25. The van der Waals surface area contributed by atoms with Crippen molar-refractivity contribution in [2.24, 2.45) is 0 Å². The molecule has 0 aliphatic heterocycles. The third-order valence-corrected chi connectivity index (χ3v) is 1.86. The van der Waals surface area contributed by atoms with Crippen LogP contribution >= 0.6 is 0 Å². The molecule has 0 bridgehead atoms. The quantitative estimate of drug-likeness (QED) is 0.684.